The molecule has 2 aliphatic rings. The summed E-state index contributed by atoms with van der Waals surface area (Å²) >= 11 is 0. The average molecular weight is 359 g/mol. The highest BCUT2D eigenvalue weighted by Gasteiger charge is 2.54. The van der Waals surface area contributed by atoms with Crippen LogP contribution in [0.1, 0.15) is 39.4 Å². The van der Waals surface area contributed by atoms with Crippen molar-refractivity contribution >= 4 is 18.0 Å². The number of nitrogens with zero attached hydrogens (tertiary/aromatic N) is 1. The lowest BCUT2D eigenvalue weighted by Gasteiger charge is -2.29. The number of cyclic esters (lactones) is 2. The Morgan fingerprint density at radius 1 is 1.08 bits per heavy atom. The minimum absolute atomic E-state index is 0.0658. The molecule has 0 N–H and O–H groups in total. The molecule has 0 spiro atoms. The van der Waals surface area contributed by atoms with Gasteiger partial charge < -0.3 is 9.47 Å². The minimum Gasteiger partial charge on any atom is -0.456 e. The molecule has 2 heterocycles. The topological polar surface area (TPSA) is 72.9 Å². The van der Waals surface area contributed by atoms with Crippen LogP contribution in [0.4, 0.5) is 4.79 Å². The Balaban J connectivity index is 2.00. The van der Waals surface area contributed by atoms with Gasteiger partial charge in [-0.15, -0.1) is 0 Å². The summed E-state index contributed by atoms with van der Waals surface area (Å²) in [6.45, 7) is 7.85. The van der Waals surface area contributed by atoms with Crippen LogP contribution in [0.15, 0.2) is 30.3 Å². The Morgan fingerprint density at radius 2 is 1.73 bits per heavy atom. The number of hydrogen-bond donors (Lipinski definition) is 0. The van der Waals surface area contributed by atoms with Gasteiger partial charge in [0.25, 0.3) is 0 Å². The van der Waals surface area contributed by atoms with Crippen LogP contribution in [-0.4, -0.2) is 35.5 Å². The van der Waals surface area contributed by atoms with Crippen LogP contribution < -0.4 is 0 Å². The quantitative estimate of drug-likeness (QED) is 0.772. The van der Waals surface area contributed by atoms with E-state index in [4.69, 9.17) is 9.47 Å². The summed E-state index contributed by atoms with van der Waals surface area (Å²) < 4.78 is 10.7. The van der Waals surface area contributed by atoms with E-state index in [1.54, 1.807) is 0 Å². The lowest BCUT2D eigenvalue weighted by atomic mass is 9.79. The molecule has 0 unspecified atom stereocenters. The third kappa shape index (κ3) is 3.08. The molecule has 0 saturated carbocycles. The van der Waals surface area contributed by atoms with Crippen molar-refractivity contribution in [3.63, 3.8) is 0 Å². The summed E-state index contributed by atoms with van der Waals surface area (Å²) in [6, 6.07) is 8.90. The molecule has 0 aromatic heterocycles. The van der Waals surface area contributed by atoms with E-state index in [0.717, 1.165) is 5.56 Å². The maximum absolute atomic E-state index is 13.4. The highest BCUT2D eigenvalue weighted by molar-refractivity contribution is 5.98. The number of hydrogen-bond acceptors (Lipinski definition) is 5. The van der Waals surface area contributed by atoms with Gasteiger partial charge in [0, 0.05) is 0 Å². The van der Waals surface area contributed by atoms with Crippen molar-refractivity contribution in [2.45, 2.75) is 39.8 Å². The summed E-state index contributed by atoms with van der Waals surface area (Å²) in [5.41, 5.74) is 0.760. The fourth-order valence-corrected chi connectivity index (χ4v) is 3.84. The van der Waals surface area contributed by atoms with Gasteiger partial charge in [0.15, 0.2) is 0 Å². The number of carbonyl (C=O) groups excluding carboxylic acids is 3. The number of benzene rings is 1. The van der Waals surface area contributed by atoms with Crippen LogP contribution in [0.3, 0.4) is 0 Å². The molecule has 2 fully saturated rings. The maximum Gasteiger partial charge on any atom is 0.416 e. The maximum atomic E-state index is 13.4. The normalized spacial score (nSPS) is 28.6. The van der Waals surface area contributed by atoms with Crippen molar-refractivity contribution in [2.75, 3.05) is 6.61 Å². The largest absolute Gasteiger partial charge is 0.456 e. The number of imide groups is 1. The second-order valence-corrected chi connectivity index (χ2v) is 7.66. The molecule has 2 amide bonds. The Hall–Kier alpha value is -2.37. The van der Waals surface area contributed by atoms with Gasteiger partial charge in [0.1, 0.15) is 12.7 Å². The van der Waals surface area contributed by atoms with E-state index >= 15 is 0 Å². The fraction of sp³-hybridized carbons (Fsp3) is 0.550. The Kier molecular flexibility index (Phi) is 5.03. The van der Waals surface area contributed by atoms with Crippen LogP contribution in [-0.2, 0) is 19.1 Å². The second-order valence-electron chi connectivity index (χ2n) is 7.66. The lowest BCUT2D eigenvalue weighted by Crippen LogP contribution is -2.47. The van der Waals surface area contributed by atoms with Crippen molar-refractivity contribution < 1.29 is 23.9 Å². The molecule has 26 heavy (non-hydrogen) atoms. The Morgan fingerprint density at radius 3 is 2.31 bits per heavy atom. The van der Waals surface area contributed by atoms with E-state index in [9.17, 15) is 14.4 Å². The summed E-state index contributed by atoms with van der Waals surface area (Å²) in [6.07, 6.45) is -1.33. The standard InChI is InChI=1S/C20H25NO5/c1-11(2)14-10-25-20(24)21(14)18(22)16-15(12(3)4)19(23)26-17(16)13-8-6-5-7-9-13/h5-9,11-12,14-17H,10H2,1-4H3/t14-,15+,16-,17-/m1/s1. The molecule has 0 radical (unpaired) electrons. The molecule has 3 rings (SSSR count). The molecular formula is C20H25NO5. The van der Waals surface area contributed by atoms with Gasteiger partial charge in [-0.2, -0.15) is 0 Å². The van der Waals surface area contributed by atoms with Gasteiger partial charge >= 0.3 is 12.1 Å². The van der Waals surface area contributed by atoms with Gasteiger partial charge in [-0.3, -0.25) is 9.59 Å². The van der Waals surface area contributed by atoms with Crippen molar-refractivity contribution in [2.24, 2.45) is 23.7 Å². The molecule has 140 valence electrons. The molecule has 0 bridgehead atoms. The third-order valence-electron chi connectivity index (χ3n) is 5.27. The molecule has 6 nitrogen and oxygen atoms in total. The first kappa shape index (κ1) is 18.4. The second kappa shape index (κ2) is 7.09. The van der Waals surface area contributed by atoms with Crippen molar-refractivity contribution in [1.29, 1.82) is 0 Å². The van der Waals surface area contributed by atoms with Gasteiger partial charge in [-0.05, 0) is 17.4 Å². The SMILES string of the molecule is CC(C)[C@H]1COC(=O)N1C(=O)[C@H]1[C@@H](c2ccccc2)OC(=O)[C@H]1C(C)C. The zero-order valence-electron chi connectivity index (χ0n) is 15.5. The van der Waals surface area contributed by atoms with Gasteiger partial charge in [0.05, 0.1) is 17.9 Å². The molecule has 0 aliphatic carbocycles. The Bertz CT molecular complexity index is 699. The minimum atomic E-state index is -0.739. The average Bonchev–Trinajstić information content (AvgIpc) is 3.15. The first-order chi connectivity index (χ1) is 12.3. The molecule has 2 saturated heterocycles. The summed E-state index contributed by atoms with van der Waals surface area (Å²) in [5.74, 6) is -2.12. The van der Waals surface area contributed by atoms with E-state index in [-0.39, 0.29) is 36.4 Å². The predicted molar refractivity (Wildman–Crippen MR) is 93.9 cm³/mol. The summed E-state index contributed by atoms with van der Waals surface area (Å²) in [4.78, 5) is 39.4. The van der Waals surface area contributed by atoms with Crippen LogP contribution >= 0.6 is 0 Å². The molecular weight excluding hydrogens is 334 g/mol. The molecule has 1 aromatic rings. The van der Waals surface area contributed by atoms with Crippen molar-refractivity contribution in [3.05, 3.63) is 35.9 Å². The van der Waals surface area contributed by atoms with Gasteiger partial charge in [-0.25, -0.2) is 9.69 Å². The number of ether oxygens (including phenoxy) is 2. The summed E-state index contributed by atoms with van der Waals surface area (Å²) in [5, 5.41) is 0. The zero-order valence-corrected chi connectivity index (χ0v) is 15.5. The summed E-state index contributed by atoms with van der Waals surface area (Å²) in [7, 11) is 0. The molecule has 4 atom stereocenters. The molecule has 6 heteroatoms. The predicted octanol–water partition coefficient (Wildman–Crippen LogP) is 3.18. The number of carbonyl (C=O) groups is 3. The van der Waals surface area contributed by atoms with Crippen LogP contribution in [0.25, 0.3) is 0 Å². The molecule has 2 aliphatic heterocycles. The number of esters is 1. The van der Waals surface area contributed by atoms with E-state index in [1.807, 2.05) is 58.0 Å². The molecule has 1 aromatic carbocycles. The highest BCUT2D eigenvalue weighted by atomic mass is 16.6. The van der Waals surface area contributed by atoms with E-state index in [2.05, 4.69) is 0 Å². The first-order valence-corrected chi connectivity index (χ1v) is 9.08. The Labute approximate surface area is 153 Å². The number of rotatable bonds is 4. The van der Waals surface area contributed by atoms with Crippen molar-refractivity contribution in [3.8, 4) is 0 Å². The zero-order chi connectivity index (χ0) is 19.0. The van der Waals surface area contributed by atoms with E-state index in [0.29, 0.717) is 0 Å². The van der Waals surface area contributed by atoms with E-state index < -0.39 is 24.0 Å². The highest BCUT2D eigenvalue weighted by Crippen LogP contribution is 2.44. The third-order valence-corrected chi connectivity index (χ3v) is 5.27. The van der Waals surface area contributed by atoms with E-state index in [1.165, 1.54) is 4.90 Å². The fourth-order valence-electron chi connectivity index (χ4n) is 3.84. The van der Waals surface area contributed by atoms with Crippen LogP contribution in [0.2, 0.25) is 0 Å². The smallest absolute Gasteiger partial charge is 0.416 e. The lowest BCUT2D eigenvalue weighted by molar-refractivity contribution is -0.145. The van der Waals surface area contributed by atoms with Crippen LogP contribution in [0, 0.1) is 23.7 Å². The van der Waals surface area contributed by atoms with Crippen molar-refractivity contribution in [1.82, 2.24) is 4.90 Å². The van der Waals surface area contributed by atoms with Gasteiger partial charge in [0.2, 0.25) is 5.91 Å². The van der Waals surface area contributed by atoms with Crippen LogP contribution in [0.5, 0.6) is 0 Å². The first-order valence-electron chi connectivity index (χ1n) is 9.08. The number of amides is 2. The monoisotopic (exact) mass is 359 g/mol. The van der Waals surface area contributed by atoms with Gasteiger partial charge in [-0.1, -0.05) is 58.0 Å².